The molecule has 0 saturated carbocycles. The molecule has 1 aliphatic heterocycles. The van der Waals surface area contributed by atoms with Gasteiger partial charge in [0.1, 0.15) is 0 Å². The van der Waals surface area contributed by atoms with Crippen LogP contribution in [0.5, 0.6) is 0 Å². The second kappa shape index (κ2) is 5.81. The minimum Gasteiger partial charge on any atom is -0.260 e. The van der Waals surface area contributed by atoms with Crippen LogP contribution in [0.15, 0.2) is 66.2 Å². The van der Waals surface area contributed by atoms with Gasteiger partial charge in [-0.15, -0.1) is 6.58 Å². The topological polar surface area (TPSA) is 12.4 Å². The molecule has 0 radical (unpaired) electrons. The van der Waals surface area contributed by atoms with E-state index in [1.165, 1.54) is 16.7 Å². The van der Waals surface area contributed by atoms with Crippen LogP contribution >= 0.6 is 0 Å². The van der Waals surface area contributed by atoms with E-state index >= 15 is 0 Å². The summed E-state index contributed by atoms with van der Waals surface area (Å²) in [4.78, 5) is 4.65. The highest BCUT2D eigenvalue weighted by atomic mass is 14.8. The van der Waals surface area contributed by atoms with Crippen LogP contribution in [0.2, 0.25) is 0 Å². The number of rotatable bonds is 4. The number of aliphatic imine (C=N–C) groups is 1. The first kappa shape index (κ1) is 15.7. The molecule has 118 valence electrons. The van der Waals surface area contributed by atoms with Gasteiger partial charge in [-0.2, -0.15) is 0 Å². The average molecular weight is 303 g/mol. The van der Waals surface area contributed by atoms with Gasteiger partial charge >= 0.3 is 0 Å². The Hall–Kier alpha value is -2.15. The molecule has 1 nitrogen and oxygen atoms in total. The summed E-state index contributed by atoms with van der Waals surface area (Å²) in [6.07, 6.45) is 6.01. The maximum absolute atomic E-state index is 4.65. The lowest BCUT2D eigenvalue weighted by molar-refractivity contribution is 0.586. The van der Waals surface area contributed by atoms with E-state index in [1.807, 2.05) is 6.08 Å². The van der Waals surface area contributed by atoms with Crippen molar-refractivity contribution in [1.29, 1.82) is 0 Å². The van der Waals surface area contributed by atoms with Crippen molar-refractivity contribution in [2.24, 2.45) is 4.99 Å². The molecule has 0 N–H and O–H groups in total. The van der Waals surface area contributed by atoms with Gasteiger partial charge in [0.15, 0.2) is 0 Å². The zero-order valence-corrected chi connectivity index (χ0v) is 14.3. The zero-order valence-electron chi connectivity index (χ0n) is 14.3. The van der Waals surface area contributed by atoms with Crippen molar-refractivity contribution < 1.29 is 0 Å². The van der Waals surface area contributed by atoms with Crippen LogP contribution < -0.4 is 0 Å². The van der Waals surface area contributed by atoms with Crippen LogP contribution in [-0.4, -0.2) is 6.21 Å². The van der Waals surface area contributed by atoms with Gasteiger partial charge in [-0.25, -0.2) is 0 Å². The van der Waals surface area contributed by atoms with Crippen molar-refractivity contribution in [3.63, 3.8) is 0 Å². The third kappa shape index (κ3) is 3.01. The summed E-state index contributed by atoms with van der Waals surface area (Å²) >= 11 is 0. The smallest absolute Gasteiger partial charge is 0.0667 e. The van der Waals surface area contributed by atoms with E-state index in [2.05, 4.69) is 87.1 Å². The Kier molecular flexibility index (Phi) is 3.97. The monoisotopic (exact) mass is 303 g/mol. The average Bonchev–Trinajstić information content (AvgIpc) is 2.87. The van der Waals surface area contributed by atoms with E-state index in [4.69, 9.17) is 0 Å². The van der Waals surface area contributed by atoms with E-state index in [1.54, 1.807) is 0 Å². The second-order valence-electron chi connectivity index (χ2n) is 7.55. The minimum atomic E-state index is -0.0540. The van der Waals surface area contributed by atoms with Gasteiger partial charge in [-0.05, 0) is 41.0 Å². The summed E-state index contributed by atoms with van der Waals surface area (Å²) in [5, 5.41) is 0. The van der Waals surface area contributed by atoms with Crippen molar-refractivity contribution in [3.05, 3.63) is 77.9 Å². The lowest BCUT2D eigenvalue weighted by Gasteiger charge is -2.27. The van der Waals surface area contributed by atoms with Crippen LogP contribution in [0.1, 0.15) is 43.9 Å². The molecule has 0 fully saturated rings. The number of hydrogen-bond acceptors (Lipinski definition) is 1. The second-order valence-corrected chi connectivity index (χ2v) is 7.55. The summed E-state index contributed by atoms with van der Waals surface area (Å²) in [5.74, 6) is 0. The van der Waals surface area contributed by atoms with Gasteiger partial charge < -0.3 is 0 Å². The van der Waals surface area contributed by atoms with E-state index in [9.17, 15) is 0 Å². The summed E-state index contributed by atoms with van der Waals surface area (Å²) in [5.41, 5.74) is 5.28. The molecule has 0 amide bonds. The highest BCUT2D eigenvalue weighted by molar-refractivity contribution is 5.85. The number of benzene rings is 2. The number of fused-ring (bicyclic) bond motifs is 1. The zero-order chi connectivity index (χ0) is 16.5. The van der Waals surface area contributed by atoms with Crippen LogP contribution in [0.4, 0.5) is 5.69 Å². The fourth-order valence-corrected chi connectivity index (χ4v) is 3.39. The van der Waals surface area contributed by atoms with Crippen molar-refractivity contribution in [2.75, 3.05) is 0 Å². The molecule has 23 heavy (non-hydrogen) atoms. The molecular weight excluding hydrogens is 278 g/mol. The van der Waals surface area contributed by atoms with Crippen LogP contribution in [0.25, 0.3) is 0 Å². The van der Waals surface area contributed by atoms with Crippen LogP contribution in [0.3, 0.4) is 0 Å². The normalized spacial score (nSPS) is 19.6. The lowest BCUT2D eigenvalue weighted by atomic mass is 9.74. The molecule has 1 aliphatic rings. The number of allylic oxidation sites excluding steroid dienone is 1. The largest absolute Gasteiger partial charge is 0.260 e. The Balaban J connectivity index is 1.93. The van der Waals surface area contributed by atoms with Gasteiger partial charge in [-0.3, -0.25) is 4.99 Å². The van der Waals surface area contributed by atoms with Gasteiger partial charge in [0.2, 0.25) is 0 Å². The molecule has 1 heterocycles. The first-order chi connectivity index (χ1) is 10.9. The maximum atomic E-state index is 4.65. The Morgan fingerprint density at radius 1 is 1.04 bits per heavy atom. The summed E-state index contributed by atoms with van der Waals surface area (Å²) in [6, 6.07) is 17.5. The Morgan fingerprint density at radius 3 is 2.39 bits per heavy atom. The molecule has 3 rings (SSSR count). The standard InChI is InChI=1S/C22H25N/c1-5-14-22(16-23-20-9-7-6-8-19(20)22)15-17-10-12-18(13-11-17)21(2,3)4/h5-13,16H,1,14-15H2,2-4H3/t22-/m1/s1. The van der Waals surface area contributed by atoms with Crippen molar-refractivity contribution in [1.82, 2.24) is 0 Å². The Bertz CT molecular complexity index is 731. The predicted molar refractivity (Wildman–Crippen MR) is 99.9 cm³/mol. The number of nitrogens with zero attached hydrogens (tertiary/aromatic N) is 1. The first-order valence-electron chi connectivity index (χ1n) is 8.30. The predicted octanol–water partition coefficient (Wildman–Crippen LogP) is 5.76. The van der Waals surface area contributed by atoms with Crippen molar-refractivity contribution in [2.45, 2.75) is 44.4 Å². The molecule has 0 saturated heterocycles. The van der Waals surface area contributed by atoms with Crippen molar-refractivity contribution in [3.8, 4) is 0 Å². The molecule has 0 unspecified atom stereocenters. The van der Waals surface area contributed by atoms with Gasteiger partial charge in [0.25, 0.3) is 0 Å². The first-order valence-corrected chi connectivity index (χ1v) is 8.30. The van der Waals surface area contributed by atoms with Crippen LogP contribution in [0, 0.1) is 0 Å². The van der Waals surface area contributed by atoms with Crippen LogP contribution in [-0.2, 0) is 17.3 Å². The van der Waals surface area contributed by atoms with E-state index < -0.39 is 0 Å². The third-order valence-corrected chi connectivity index (χ3v) is 4.74. The highest BCUT2D eigenvalue weighted by Gasteiger charge is 2.35. The number of hydrogen-bond donors (Lipinski definition) is 0. The maximum Gasteiger partial charge on any atom is 0.0667 e. The fourth-order valence-electron chi connectivity index (χ4n) is 3.39. The molecule has 2 aromatic carbocycles. The summed E-state index contributed by atoms with van der Waals surface area (Å²) < 4.78 is 0. The van der Waals surface area contributed by atoms with Gasteiger partial charge in [-0.1, -0.05) is 69.3 Å². The van der Waals surface area contributed by atoms with E-state index in [0.29, 0.717) is 0 Å². The Morgan fingerprint density at radius 2 is 1.74 bits per heavy atom. The molecule has 0 spiro atoms. The summed E-state index contributed by atoms with van der Waals surface area (Å²) in [6.45, 7) is 10.7. The van der Waals surface area contributed by atoms with Gasteiger partial charge in [0, 0.05) is 11.6 Å². The Labute approximate surface area is 139 Å². The highest BCUT2D eigenvalue weighted by Crippen LogP contribution is 2.41. The molecule has 2 aromatic rings. The SMILES string of the molecule is C=CC[C@@]1(Cc2ccc(C(C)(C)C)cc2)C=Nc2ccccc21. The molecular formula is C22H25N. The molecule has 0 aliphatic carbocycles. The van der Waals surface area contributed by atoms with E-state index in [-0.39, 0.29) is 10.8 Å². The van der Waals surface area contributed by atoms with Gasteiger partial charge in [0.05, 0.1) is 5.69 Å². The number of para-hydroxylation sites is 1. The van der Waals surface area contributed by atoms with E-state index in [0.717, 1.165) is 18.5 Å². The van der Waals surface area contributed by atoms with Crippen molar-refractivity contribution >= 4 is 11.9 Å². The fraction of sp³-hybridized carbons (Fsp3) is 0.318. The molecule has 0 aromatic heterocycles. The molecule has 1 heteroatoms. The quantitative estimate of drug-likeness (QED) is 0.637. The summed E-state index contributed by atoms with van der Waals surface area (Å²) in [7, 11) is 0. The molecule has 1 atom stereocenters. The molecule has 0 bridgehead atoms. The third-order valence-electron chi connectivity index (χ3n) is 4.74. The minimum absolute atomic E-state index is 0.0540. The lowest BCUT2D eigenvalue weighted by Crippen LogP contribution is -2.28.